The molecule has 6 heteroatoms. The molecule has 15 heavy (non-hydrogen) atoms. The fourth-order valence-electron chi connectivity index (χ4n) is 1.30. The Hall–Kier alpha value is -2.11. The minimum absolute atomic E-state index is 0.0284. The Labute approximate surface area is 82.9 Å². The summed E-state index contributed by atoms with van der Waals surface area (Å²) >= 11 is 0. The standard InChI is InChI=1S/C9H6FN3O2/c10-4-8-11-7-2-1-5(13-15)3-6(7)9(14)12-8/h1-3H,4H2,(H,11,12,14). The van der Waals surface area contributed by atoms with E-state index in [1.165, 1.54) is 18.2 Å². The summed E-state index contributed by atoms with van der Waals surface area (Å²) < 4.78 is 12.3. The van der Waals surface area contributed by atoms with E-state index in [2.05, 4.69) is 15.1 Å². The van der Waals surface area contributed by atoms with Crippen LogP contribution in [-0.4, -0.2) is 9.97 Å². The van der Waals surface area contributed by atoms with Crippen LogP contribution in [0.2, 0.25) is 0 Å². The van der Waals surface area contributed by atoms with E-state index < -0.39 is 12.2 Å². The van der Waals surface area contributed by atoms with E-state index in [0.29, 0.717) is 5.52 Å². The smallest absolute Gasteiger partial charge is 0.258 e. The van der Waals surface area contributed by atoms with Gasteiger partial charge in [-0.2, -0.15) is 0 Å². The van der Waals surface area contributed by atoms with Gasteiger partial charge in [-0.25, -0.2) is 9.37 Å². The number of H-pyrrole nitrogens is 1. The van der Waals surface area contributed by atoms with E-state index in [0.717, 1.165) is 0 Å². The summed E-state index contributed by atoms with van der Waals surface area (Å²) in [6, 6.07) is 4.19. The van der Waals surface area contributed by atoms with Gasteiger partial charge in [-0.1, -0.05) is 0 Å². The van der Waals surface area contributed by atoms with Crippen molar-refractivity contribution >= 4 is 16.6 Å². The van der Waals surface area contributed by atoms with Gasteiger partial charge in [0.25, 0.3) is 5.56 Å². The van der Waals surface area contributed by atoms with Gasteiger partial charge >= 0.3 is 0 Å². The first-order valence-electron chi connectivity index (χ1n) is 4.17. The maximum Gasteiger partial charge on any atom is 0.258 e. The van der Waals surface area contributed by atoms with Crippen molar-refractivity contribution in [3.05, 3.63) is 39.3 Å². The highest BCUT2D eigenvalue weighted by Gasteiger charge is 2.04. The van der Waals surface area contributed by atoms with Gasteiger partial charge in [0.05, 0.1) is 10.9 Å². The third-order valence-electron chi connectivity index (χ3n) is 1.97. The Morgan fingerprint density at radius 3 is 2.93 bits per heavy atom. The second-order valence-electron chi connectivity index (χ2n) is 2.94. The van der Waals surface area contributed by atoms with Gasteiger partial charge in [0, 0.05) is 0 Å². The predicted molar refractivity (Wildman–Crippen MR) is 52.6 cm³/mol. The van der Waals surface area contributed by atoms with Gasteiger partial charge in [-0.05, 0) is 23.4 Å². The Balaban J connectivity index is 2.79. The zero-order chi connectivity index (χ0) is 10.8. The fourth-order valence-corrected chi connectivity index (χ4v) is 1.30. The summed E-state index contributed by atoms with van der Waals surface area (Å²) in [6.07, 6.45) is 0. The van der Waals surface area contributed by atoms with Gasteiger partial charge in [0.2, 0.25) is 0 Å². The summed E-state index contributed by atoms with van der Waals surface area (Å²) in [4.78, 5) is 27.8. The number of halogens is 1. The molecule has 1 N–H and O–H groups in total. The molecular weight excluding hydrogens is 201 g/mol. The van der Waals surface area contributed by atoms with Crippen molar-refractivity contribution in [2.75, 3.05) is 0 Å². The second-order valence-corrected chi connectivity index (χ2v) is 2.94. The topological polar surface area (TPSA) is 75.2 Å². The van der Waals surface area contributed by atoms with Crippen LogP contribution in [0.3, 0.4) is 0 Å². The number of aromatic amines is 1. The number of benzene rings is 1. The molecule has 0 unspecified atom stereocenters. The number of nitrogens with zero attached hydrogens (tertiary/aromatic N) is 2. The number of hydrogen-bond donors (Lipinski definition) is 1. The molecule has 1 heterocycles. The molecule has 0 spiro atoms. The Morgan fingerprint density at radius 1 is 1.47 bits per heavy atom. The van der Waals surface area contributed by atoms with E-state index in [-0.39, 0.29) is 16.9 Å². The molecule has 2 aromatic rings. The molecule has 1 aromatic heterocycles. The monoisotopic (exact) mass is 207 g/mol. The van der Waals surface area contributed by atoms with Crippen molar-refractivity contribution < 1.29 is 4.39 Å². The van der Waals surface area contributed by atoms with Gasteiger partial charge in [-0.15, -0.1) is 4.91 Å². The van der Waals surface area contributed by atoms with Crippen molar-refractivity contribution in [2.24, 2.45) is 5.18 Å². The molecule has 0 aliphatic carbocycles. The van der Waals surface area contributed by atoms with Crippen LogP contribution < -0.4 is 5.56 Å². The summed E-state index contributed by atoms with van der Waals surface area (Å²) in [5.41, 5.74) is 0.0137. The lowest BCUT2D eigenvalue weighted by Crippen LogP contribution is -2.10. The van der Waals surface area contributed by atoms with Crippen LogP contribution in [0.4, 0.5) is 10.1 Å². The van der Waals surface area contributed by atoms with Gasteiger partial charge < -0.3 is 4.98 Å². The molecule has 0 saturated heterocycles. The van der Waals surface area contributed by atoms with E-state index >= 15 is 0 Å². The lowest BCUT2D eigenvalue weighted by molar-refractivity contribution is 0.466. The van der Waals surface area contributed by atoms with Crippen LogP contribution in [0, 0.1) is 4.91 Å². The lowest BCUT2D eigenvalue weighted by atomic mass is 10.2. The normalized spacial score (nSPS) is 10.5. The van der Waals surface area contributed by atoms with Crippen molar-refractivity contribution in [3.63, 3.8) is 0 Å². The number of nitroso groups, excluding NO2 is 1. The summed E-state index contributed by atoms with van der Waals surface area (Å²) in [5, 5.41) is 2.93. The number of alkyl halides is 1. The second kappa shape index (κ2) is 3.56. The van der Waals surface area contributed by atoms with E-state index in [9.17, 15) is 14.1 Å². The molecule has 0 saturated carbocycles. The molecule has 5 nitrogen and oxygen atoms in total. The molecule has 1 aromatic carbocycles. The minimum Gasteiger partial charge on any atom is -0.308 e. The van der Waals surface area contributed by atoms with Gasteiger partial charge in [0.15, 0.2) is 0 Å². The molecule has 0 amide bonds. The zero-order valence-corrected chi connectivity index (χ0v) is 7.53. The molecule has 0 fully saturated rings. The van der Waals surface area contributed by atoms with Crippen molar-refractivity contribution in [2.45, 2.75) is 6.67 Å². The first-order valence-corrected chi connectivity index (χ1v) is 4.17. The summed E-state index contributed by atoms with van der Waals surface area (Å²) in [6.45, 7) is -0.834. The number of fused-ring (bicyclic) bond motifs is 1. The average Bonchev–Trinajstić information content (AvgIpc) is 2.28. The quantitative estimate of drug-likeness (QED) is 0.762. The minimum atomic E-state index is -0.834. The van der Waals surface area contributed by atoms with E-state index in [1.807, 2.05) is 0 Å². The van der Waals surface area contributed by atoms with E-state index in [1.54, 1.807) is 0 Å². The highest BCUT2D eigenvalue weighted by atomic mass is 19.1. The van der Waals surface area contributed by atoms with Crippen LogP contribution in [0.5, 0.6) is 0 Å². The SMILES string of the molecule is O=Nc1ccc2nc(CF)[nH]c(=O)c2c1. The maximum absolute atomic E-state index is 12.3. The van der Waals surface area contributed by atoms with Crippen LogP contribution in [0.1, 0.15) is 5.82 Å². The Bertz CT molecular complexity index is 579. The highest BCUT2D eigenvalue weighted by molar-refractivity contribution is 5.80. The fraction of sp³-hybridized carbons (Fsp3) is 0.111. The number of hydrogen-bond acceptors (Lipinski definition) is 4. The Morgan fingerprint density at radius 2 is 2.27 bits per heavy atom. The van der Waals surface area contributed by atoms with Gasteiger partial charge in [0.1, 0.15) is 18.2 Å². The van der Waals surface area contributed by atoms with Crippen LogP contribution in [0.25, 0.3) is 10.9 Å². The summed E-state index contributed by atoms with van der Waals surface area (Å²) in [7, 11) is 0. The molecular formula is C9H6FN3O2. The molecule has 2 rings (SSSR count). The van der Waals surface area contributed by atoms with Crippen LogP contribution in [-0.2, 0) is 6.67 Å². The highest BCUT2D eigenvalue weighted by Crippen LogP contribution is 2.16. The molecule has 0 aliphatic rings. The lowest BCUT2D eigenvalue weighted by Gasteiger charge is -1.98. The van der Waals surface area contributed by atoms with Crippen molar-refractivity contribution in [1.29, 1.82) is 0 Å². The third kappa shape index (κ3) is 1.61. The Kier molecular flexibility index (Phi) is 2.24. The molecule has 76 valence electrons. The van der Waals surface area contributed by atoms with E-state index in [4.69, 9.17) is 0 Å². The first kappa shape index (κ1) is 9.45. The van der Waals surface area contributed by atoms with Crippen LogP contribution >= 0.6 is 0 Å². The molecule has 0 radical (unpaired) electrons. The third-order valence-corrected chi connectivity index (χ3v) is 1.97. The summed E-state index contributed by atoms with van der Waals surface area (Å²) in [5.74, 6) is -0.0284. The number of aromatic nitrogens is 2. The number of nitrogens with one attached hydrogen (secondary N) is 1. The predicted octanol–water partition coefficient (Wildman–Crippen LogP) is 1.79. The molecule has 0 aliphatic heterocycles. The molecule has 0 atom stereocenters. The van der Waals surface area contributed by atoms with Crippen molar-refractivity contribution in [3.8, 4) is 0 Å². The molecule has 0 bridgehead atoms. The van der Waals surface area contributed by atoms with Crippen LogP contribution in [0.15, 0.2) is 28.2 Å². The zero-order valence-electron chi connectivity index (χ0n) is 7.53. The largest absolute Gasteiger partial charge is 0.308 e. The first-order chi connectivity index (χ1) is 7.24. The number of rotatable bonds is 2. The van der Waals surface area contributed by atoms with Gasteiger partial charge in [-0.3, -0.25) is 4.79 Å². The van der Waals surface area contributed by atoms with Crippen molar-refractivity contribution in [1.82, 2.24) is 9.97 Å². The average molecular weight is 207 g/mol. The maximum atomic E-state index is 12.3.